The van der Waals surface area contributed by atoms with Crippen molar-refractivity contribution < 1.29 is 18.1 Å². The summed E-state index contributed by atoms with van der Waals surface area (Å²) < 4.78 is 31.9. The van der Waals surface area contributed by atoms with Gasteiger partial charge in [0.05, 0.1) is 22.6 Å². The molecule has 1 heterocycles. The van der Waals surface area contributed by atoms with Crippen molar-refractivity contribution in [3.05, 3.63) is 58.1 Å². The highest BCUT2D eigenvalue weighted by Gasteiger charge is 2.29. The summed E-state index contributed by atoms with van der Waals surface area (Å²) in [6, 6.07) is 11.0. The van der Waals surface area contributed by atoms with Gasteiger partial charge in [-0.05, 0) is 44.0 Å². The maximum absolute atomic E-state index is 12.7. The lowest BCUT2D eigenvalue weighted by atomic mass is 10.1. The van der Waals surface area contributed by atoms with Crippen LogP contribution in [0, 0.1) is 10.1 Å². The molecule has 0 bridgehead atoms. The molecule has 0 atom stereocenters. The number of benzene rings is 2. The Bertz CT molecular complexity index is 1050. The Morgan fingerprint density at radius 1 is 1.21 bits per heavy atom. The third-order valence-corrected chi connectivity index (χ3v) is 6.59. The van der Waals surface area contributed by atoms with Crippen molar-refractivity contribution in [3.8, 4) is 5.75 Å². The van der Waals surface area contributed by atoms with Crippen LogP contribution in [-0.4, -0.2) is 43.6 Å². The van der Waals surface area contributed by atoms with E-state index in [4.69, 9.17) is 4.74 Å². The molecule has 0 radical (unpaired) electrons. The Balaban J connectivity index is 1.88. The first-order valence-corrected chi connectivity index (χ1v) is 10.5. The predicted octanol–water partition coefficient (Wildman–Crippen LogP) is 3.22. The Morgan fingerprint density at radius 2 is 1.93 bits per heavy atom. The van der Waals surface area contributed by atoms with E-state index in [-0.39, 0.29) is 16.3 Å². The maximum Gasteiger partial charge on any atom is 0.295 e. The molecule has 0 amide bonds. The molecule has 1 aliphatic rings. The van der Waals surface area contributed by atoms with Crippen molar-refractivity contribution in [1.29, 1.82) is 0 Å². The van der Waals surface area contributed by atoms with Gasteiger partial charge >= 0.3 is 0 Å². The van der Waals surface area contributed by atoms with Crippen molar-refractivity contribution in [2.75, 3.05) is 25.6 Å². The summed E-state index contributed by atoms with van der Waals surface area (Å²) in [5, 5.41) is 15.7. The third kappa shape index (κ3) is 4.54. The number of methoxy groups -OCH3 is 1. The molecule has 3 rings (SSSR count). The minimum Gasteiger partial charge on any atom is -0.497 e. The molecule has 9 nitrogen and oxygen atoms in total. The summed E-state index contributed by atoms with van der Waals surface area (Å²) in [6.07, 6.45) is 1.58. The van der Waals surface area contributed by atoms with Crippen LogP contribution in [0.1, 0.15) is 25.3 Å². The zero-order valence-electron chi connectivity index (χ0n) is 16.2. The van der Waals surface area contributed by atoms with Crippen molar-refractivity contribution in [2.45, 2.75) is 24.7 Å². The standard InChI is InChI=1S/C19H22N4O5S/c1-14(15-6-5-7-16(12-15)28-2)20-21-18-9-8-17(13-19(18)23(24)25)29(26,27)22-10-3-4-11-22/h5-9,12-13,21H,3-4,10-11H2,1-2H3/b20-14+. The van der Waals surface area contributed by atoms with E-state index in [2.05, 4.69) is 10.5 Å². The fraction of sp³-hybridized carbons (Fsp3) is 0.316. The van der Waals surface area contributed by atoms with Gasteiger partial charge in [-0.25, -0.2) is 8.42 Å². The van der Waals surface area contributed by atoms with Gasteiger partial charge in [0.15, 0.2) is 0 Å². The number of sulfonamides is 1. The van der Waals surface area contributed by atoms with E-state index in [1.54, 1.807) is 26.2 Å². The molecule has 0 aliphatic carbocycles. The Hall–Kier alpha value is -2.98. The zero-order valence-corrected chi connectivity index (χ0v) is 17.0. The molecule has 1 aliphatic heterocycles. The number of nitrogens with one attached hydrogen (secondary N) is 1. The smallest absolute Gasteiger partial charge is 0.295 e. The van der Waals surface area contributed by atoms with Gasteiger partial charge in [0.25, 0.3) is 5.69 Å². The van der Waals surface area contributed by atoms with Gasteiger partial charge in [-0.1, -0.05) is 12.1 Å². The van der Waals surface area contributed by atoms with E-state index in [1.807, 2.05) is 12.1 Å². The molecule has 1 fully saturated rings. The molecule has 0 saturated carbocycles. The minimum atomic E-state index is -3.74. The summed E-state index contributed by atoms with van der Waals surface area (Å²) in [5.74, 6) is 0.666. The van der Waals surface area contributed by atoms with Crippen LogP contribution < -0.4 is 10.2 Å². The summed E-state index contributed by atoms with van der Waals surface area (Å²) >= 11 is 0. The molecule has 29 heavy (non-hydrogen) atoms. The van der Waals surface area contributed by atoms with Crippen molar-refractivity contribution in [2.24, 2.45) is 5.10 Å². The first-order chi connectivity index (χ1) is 13.8. The highest BCUT2D eigenvalue weighted by molar-refractivity contribution is 7.89. The average Bonchev–Trinajstić information content (AvgIpc) is 3.27. The predicted molar refractivity (Wildman–Crippen MR) is 110 cm³/mol. The normalized spacial score (nSPS) is 15.3. The Kier molecular flexibility index (Phi) is 6.14. The lowest BCUT2D eigenvalue weighted by Gasteiger charge is -2.15. The van der Waals surface area contributed by atoms with Gasteiger partial charge in [0.1, 0.15) is 11.4 Å². The van der Waals surface area contributed by atoms with Crippen LogP contribution in [0.5, 0.6) is 5.75 Å². The second-order valence-corrected chi connectivity index (χ2v) is 8.53. The van der Waals surface area contributed by atoms with E-state index in [9.17, 15) is 18.5 Å². The Morgan fingerprint density at radius 3 is 2.59 bits per heavy atom. The van der Waals surface area contributed by atoms with Crippen LogP contribution in [-0.2, 0) is 10.0 Å². The van der Waals surface area contributed by atoms with Gasteiger partial charge in [-0.2, -0.15) is 9.41 Å². The molecule has 0 unspecified atom stereocenters. The van der Waals surface area contributed by atoms with E-state index in [0.29, 0.717) is 24.6 Å². The molecule has 2 aromatic rings. The van der Waals surface area contributed by atoms with Crippen LogP contribution in [0.4, 0.5) is 11.4 Å². The van der Waals surface area contributed by atoms with Crippen molar-refractivity contribution >= 4 is 27.1 Å². The van der Waals surface area contributed by atoms with Crippen LogP contribution in [0.3, 0.4) is 0 Å². The molecule has 0 aromatic heterocycles. The van der Waals surface area contributed by atoms with Crippen molar-refractivity contribution in [1.82, 2.24) is 4.31 Å². The van der Waals surface area contributed by atoms with E-state index >= 15 is 0 Å². The van der Waals surface area contributed by atoms with E-state index in [0.717, 1.165) is 24.5 Å². The first-order valence-electron chi connectivity index (χ1n) is 9.06. The minimum absolute atomic E-state index is 0.0925. The van der Waals surface area contributed by atoms with Gasteiger partial charge in [-0.3, -0.25) is 15.5 Å². The molecule has 1 saturated heterocycles. The summed E-state index contributed by atoms with van der Waals surface area (Å²) in [6.45, 7) is 2.61. The quantitative estimate of drug-likeness (QED) is 0.419. The summed E-state index contributed by atoms with van der Waals surface area (Å²) in [4.78, 5) is 10.8. The number of hydrazone groups is 1. The molecule has 154 valence electrons. The van der Waals surface area contributed by atoms with Crippen LogP contribution in [0.2, 0.25) is 0 Å². The van der Waals surface area contributed by atoms with Crippen LogP contribution in [0.25, 0.3) is 0 Å². The average molecular weight is 418 g/mol. The van der Waals surface area contributed by atoms with Gasteiger partial charge in [0.2, 0.25) is 10.0 Å². The monoisotopic (exact) mass is 418 g/mol. The number of ether oxygens (including phenoxy) is 1. The van der Waals surface area contributed by atoms with Gasteiger partial charge in [-0.15, -0.1) is 0 Å². The molecule has 0 spiro atoms. The molecule has 10 heteroatoms. The van der Waals surface area contributed by atoms with Gasteiger partial charge < -0.3 is 4.74 Å². The number of nitro groups is 1. The largest absolute Gasteiger partial charge is 0.497 e. The number of hydrogen-bond acceptors (Lipinski definition) is 7. The number of rotatable bonds is 7. The highest BCUT2D eigenvalue weighted by atomic mass is 32.2. The summed E-state index contributed by atoms with van der Waals surface area (Å²) in [7, 11) is -2.18. The number of nitro benzene ring substituents is 1. The second kappa shape index (κ2) is 8.58. The van der Waals surface area contributed by atoms with Crippen molar-refractivity contribution in [3.63, 3.8) is 0 Å². The fourth-order valence-electron chi connectivity index (χ4n) is 3.05. The fourth-order valence-corrected chi connectivity index (χ4v) is 4.59. The first kappa shape index (κ1) is 20.7. The number of nitrogens with zero attached hydrogens (tertiary/aromatic N) is 3. The Labute approximate surface area is 169 Å². The number of anilines is 1. The molecular weight excluding hydrogens is 396 g/mol. The molecular formula is C19H22N4O5S. The summed E-state index contributed by atoms with van der Waals surface area (Å²) in [5.41, 5.74) is 3.81. The lowest BCUT2D eigenvalue weighted by molar-refractivity contribution is -0.384. The molecule has 1 N–H and O–H groups in total. The SMILES string of the molecule is COc1cccc(/C(C)=N/Nc2ccc(S(=O)(=O)N3CCCC3)cc2[N+](=O)[O-])c1. The zero-order chi connectivity index (χ0) is 21.0. The van der Waals surface area contributed by atoms with E-state index < -0.39 is 14.9 Å². The second-order valence-electron chi connectivity index (χ2n) is 6.59. The van der Waals surface area contributed by atoms with Crippen LogP contribution in [0.15, 0.2) is 52.5 Å². The molecule has 2 aromatic carbocycles. The third-order valence-electron chi connectivity index (χ3n) is 4.70. The van der Waals surface area contributed by atoms with Crippen LogP contribution >= 0.6 is 0 Å². The number of hydrogen-bond donors (Lipinski definition) is 1. The highest BCUT2D eigenvalue weighted by Crippen LogP contribution is 2.30. The lowest BCUT2D eigenvalue weighted by Crippen LogP contribution is -2.27. The van der Waals surface area contributed by atoms with E-state index in [1.165, 1.54) is 16.4 Å². The van der Waals surface area contributed by atoms with Gasteiger partial charge in [0, 0.05) is 24.7 Å². The topological polar surface area (TPSA) is 114 Å². The maximum atomic E-state index is 12.7.